The number of hydrogen-bond donors (Lipinski definition) is 0. The predicted octanol–water partition coefficient (Wildman–Crippen LogP) is 3.15. The first-order valence-electron chi connectivity index (χ1n) is 5.77. The second-order valence-corrected chi connectivity index (χ2v) is 4.81. The zero-order chi connectivity index (χ0) is 13.0. The summed E-state index contributed by atoms with van der Waals surface area (Å²) >= 11 is 1.63. The second kappa shape index (κ2) is 5.65. The van der Waals surface area contributed by atoms with Crippen molar-refractivity contribution in [2.24, 2.45) is 5.92 Å². The Morgan fingerprint density at radius 1 is 1.50 bits per heavy atom. The molecule has 2 rings (SSSR count). The van der Waals surface area contributed by atoms with Gasteiger partial charge in [-0.2, -0.15) is 5.26 Å². The summed E-state index contributed by atoms with van der Waals surface area (Å²) in [5.41, 5.74) is 1.04. The van der Waals surface area contributed by atoms with Crippen LogP contribution in [0.5, 0.6) is 0 Å². The first-order valence-corrected chi connectivity index (χ1v) is 6.65. The van der Waals surface area contributed by atoms with Gasteiger partial charge in [0, 0.05) is 11.1 Å². The predicted molar refractivity (Wildman–Crippen MR) is 71.3 cm³/mol. The van der Waals surface area contributed by atoms with Gasteiger partial charge < -0.3 is 4.74 Å². The van der Waals surface area contributed by atoms with E-state index >= 15 is 0 Å². The van der Waals surface area contributed by atoms with Crippen molar-refractivity contribution < 1.29 is 9.53 Å². The van der Waals surface area contributed by atoms with Crippen molar-refractivity contribution in [2.45, 2.75) is 13.3 Å². The SMILES string of the molecule is CCOC(=O)C(C#N)Cc1csc2ccccc12. The molecule has 1 aromatic heterocycles. The molecule has 0 saturated heterocycles. The maximum Gasteiger partial charge on any atom is 0.323 e. The van der Waals surface area contributed by atoms with Crippen molar-refractivity contribution in [3.8, 4) is 6.07 Å². The molecule has 4 heteroatoms. The molecule has 0 saturated carbocycles. The van der Waals surface area contributed by atoms with Crippen LogP contribution in [0.15, 0.2) is 29.6 Å². The van der Waals surface area contributed by atoms with E-state index in [0.717, 1.165) is 10.9 Å². The molecule has 2 aromatic rings. The molecule has 0 spiro atoms. The highest BCUT2D eigenvalue weighted by Crippen LogP contribution is 2.27. The van der Waals surface area contributed by atoms with E-state index in [2.05, 4.69) is 0 Å². The van der Waals surface area contributed by atoms with Gasteiger partial charge in [0.15, 0.2) is 0 Å². The minimum Gasteiger partial charge on any atom is -0.465 e. The highest BCUT2D eigenvalue weighted by molar-refractivity contribution is 7.17. The van der Waals surface area contributed by atoms with Crippen LogP contribution < -0.4 is 0 Å². The van der Waals surface area contributed by atoms with Gasteiger partial charge >= 0.3 is 5.97 Å². The van der Waals surface area contributed by atoms with Gasteiger partial charge in [0.05, 0.1) is 12.7 Å². The zero-order valence-corrected chi connectivity index (χ0v) is 10.9. The normalized spacial score (nSPS) is 12.0. The van der Waals surface area contributed by atoms with Crippen LogP contribution in [0.3, 0.4) is 0 Å². The first-order chi connectivity index (χ1) is 8.76. The quantitative estimate of drug-likeness (QED) is 0.792. The van der Waals surface area contributed by atoms with Crippen molar-refractivity contribution in [1.82, 2.24) is 0 Å². The largest absolute Gasteiger partial charge is 0.465 e. The number of rotatable bonds is 4. The molecule has 1 heterocycles. The van der Waals surface area contributed by atoms with Crippen LogP contribution in [0, 0.1) is 17.2 Å². The average Bonchev–Trinajstić information content (AvgIpc) is 2.79. The summed E-state index contributed by atoms with van der Waals surface area (Å²) in [5.74, 6) is -1.15. The lowest BCUT2D eigenvalue weighted by Gasteiger charge is -2.07. The van der Waals surface area contributed by atoms with Gasteiger partial charge in [-0.25, -0.2) is 0 Å². The van der Waals surface area contributed by atoms with E-state index < -0.39 is 11.9 Å². The van der Waals surface area contributed by atoms with E-state index in [1.807, 2.05) is 35.7 Å². The molecule has 92 valence electrons. The van der Waals surface area contributed by atoms with E-state index in [0.29, 0.717) is 13.0 Å². The average molecular weight is 259 g/mol. The second-order valence-electron chi connectivity index (χ2n) is 3.89. The number of thiophene rings is 1. The smallest absolute Gasteiger partial charge is 0.323 e. The van der Waals surface area contributed by atoms with Gasteiger partial charge in [-0.05, 0) is 29.3 Å². The van der Waals surface area contributed by atoms with E-state index in [1.165, 1.54) is 4.70 Å². The van der Waals surface area contributed by atoms with Crippen LogP contribution in [0.2, 0.25) is 0 Å². The number of hydrogen-bond acceptors (Lipinski definition) is 4. The Balaban J connectivity index is 2.22. The van der Waals surface area contributed by atoms with Gasteiger partial charge in [-0.15, -0.1) is 11.3 Å². The Bertz CT molecular complexity index is 597. The van der Waals surface area contributed by atoms with Crippen molar-refractivity contribution >= 4 is 27.4 Å². The lowest BCUT2D eigenvalue weighted by molar-refractivity contribution is -0.145. The Hall–Kier alpha value is -1.86. The van der Waals surface area contributed by atoms with Crippen LogP contribution in [0.4, 0.5) is 0 Å². The number of nitrogens with zero attached hydrogens (tertiary/aromatic N) is 1. The topological polar surface area (TPSA) is 50.1 Å². The molecule has 0 amide bonds. The highest BCUT2D eigenvalue weighted by atomic mass is 32.1. The van der Waals surface area contributed by atoms with E-state index in [9.17, 15) is 4.79 Å². The molecule has 0 bridgehead atoms. The first kappa shape index (κ1) is 12.6. The van der Waals surface area contributed by atoms with Crippen molar-refractivity contribution in [3.05, 3.63) is 35.2 Å². The van der Waals surface area contributed by atoms with E-state index in [-0.39, 0.29) is 0 Å². The number of carbonyl (C=O) groups is 1. The van der Waals surface area contributed by atoms with Crippen LogP contribution in [-0.4, -0.2) is 12.6 Å². The van der Waals surface area contributed by atoms with Gasteiger partial charge in [-0.3, -0.25) is 4.79 Å². The summed E-state index contributed by atoms with van der Waals surface area (Å²) < 4.78 is 6.07. The fraction of sp³-hybridized carbons (Fsp3) is 0.286. The monoisotopic (exact) mass is 259 g/mol. The summed E-state index contributed by atoms with van der Waals surface area (Å²) in [4.78, 5) is 11.6. The third kappa shape index (κ3) is 2.52. The molecule has 1 atom stereocenters. The van der Waals surface area contributed by atoms with Crippen molar-refractivity contribution in [1.29, 1.82) is 5.26 Å². The summed E-state index contributed by atoms with van der Waals surface area (Å²) in [6.45, 7) is 2.05. The fourth-order valence-electron chi connectivity index (χ4n) is 1.84. The molecule has 0 radical (unpaired) electrons. The van der Waals surface area contributed by atoms with Crippen LogP contribution in [0.1, 0.15) is 12.5 Å². The van der Waals surface area contributed by atoms with Gasteiger partial charge in [0.25, 0.3) is 0 Å². The number of carbonyl (C=O) groups excluding carboxylic acids is 1. The van der Waals surface area contributed by atoms with Crippen LogP contribution >= 0.6 is 11.3 Å². The third-order valence-electron chi connectivity index (χ3n) is 2.71. The third-order valence-corrected chi connectivity index (χ3v) is 3.72. The van der Waals surface area contributed by atoms with E-state index in [4.69, 9.17) is 10.00 Å². The minimum atomic E-state index is -0.719. The zero-order valence-electron chi connectivity index (χ0n) is 10.1. The van der Waals surface area contributed by atoms with E-state index in [1.54, 1.807) is 18.3 Å². The lowest BCUT2D eigenvalue weighted by Crippen LogP contribution is -2.18. The summed E-state index contributed by atoms with van der Waals surface area (Å²) in [6.07, 6.45) is 0.416. The van der Waals surface area contributed by atoms with Crippen molar-refractivity contribution in [2.75, 3.05) is 6.61 Å². The summed E-state index contributed by atoms with van der Waals surface area (Å²) in [6, 6.07) is 10.0. The molecule has 0 fully saturated rings. The number of esters is 1. The maximum absolute atomic E-state index is 11.6. The Morgan fingerprint density at radius 3 is 3.00 bits per heavy atom. The Kier molecular flexibility index (Phi) is 3.96. The lowest BCUT2D eigenvalue weighted by atomic mass is 10.0. The molecule has 0 N–H and O–H groups in total. The maximum atomic E-state index is 11.6. The van der Waals surface area contributed by atoms with Crippen LogP contribution in [0.25, 0.3) is 10.1 Å². The molecule has 1 unspecified atom stereocenters. The number of nitriles is 1. The van der Waals surface area contributed by atoms with Crippen molar-refractivity contribution in [3.63, 3.8) is 0 Å². The molecule has 0 aliphatic carbocycles. The molecule has 0 aliphatic rings. The molecular weight excluding hydrogens is 246 g/mol. The molecule has 18 heavy (non-hydrogen) atoms. The number of ether oxygens (including phenoxy) is 1. The minimum absolute atomic E-state index is 0.307. The van der Waals surface area contributed by atoms with Gasteiger partial charge in [0.2, 0.25) is 0 Å². The fourth-order valence-corrected chi connectivity index (χ4v) is 2.81. The van der Waals surface area contributed by atoms with Gasteiger partial charge in [-0.1, -0.05) is 18.2 Å². The molecule has 0 aliphatic heterocycles. The summed E-state index contributed by atoms with van der Waals surface area (Å²) in [7, 11) is 0. The number of fused-ring (bicyclic) bond motifs is 1. The molecule has 1 aromatic carbocycles. The molecular formula is C14H13NO2S. The highest BCUT2D eigenvalue weighted by Gasteiger charge is 2.21. The Morgan fingerprint density at radius 2 is 2.28 bits per heavy atom. The summed E-state index contributed by atoms with van der Waals surface area (Å²) in [5, 5.41) is 12.2. The Labute approximate surface area is 110 Å². The van der Waals surface area contributed by atoms with Gasteiger partial charge in [0.1, 0.15) is 5.92 Å². The standard InChI is InChI=1S/C14H13NO2S/c1-2-17-14(16)10(8-15)7-11-9-18-13-6-4-3-5-12(11)13/h3-6,9-10H,2,7H2,1H3. The molecule has 3 nitrogen and oxygen atoms in total. The van der Waals surface area contributed by atoms with Crippen LogP contribution in [-0.2, 0) is 16.0 Å². The number of benzene rings is 1.